The Morgan fingerprint density at radius 2 is 2.00 bits per heavy atom. The number of aromatic nitrogens is 1. The SMILES string of the molecule is Cc1noc(C)c1S(=O)(=O)N1CCOc2ccccc2C1C. The molecule has 0 saturated heterocycles. The lowest BCUT2D eigenvalue weighted by Gasteiger charge is -2.26. The van der Waals surface area contributed by atoms with Crippen molar-refractivity contribution in [1.29, 1.82) is 0 Å². The Labute approximate surface area is 129 Å². The molecule has 0 N–H and O–H groups in total. The first-order valence-corrected chi connectivity index (χ1v) is 8.53. The lowest BCUT2D eigenvalue weighted by Crippen LogP contribution is -2.35. The van der Waals surface area contributed by atoms with Gasteiger partial charge in [-0.1, -0.05) is 23.4 Å². The second kappa shape index (κ2) is 5.40. The van der Waals surface area contributed by atoms with Crippen LogP contribution in [0.3, 0.4) is 0 Å². The lowest BCUT2D eigenvalue weighted by atomic mass is 10.1. The van der Waals surface area contributed by atoms with Crippen LogP contribution in [0.25, 0.3) is 0 Å². The predicted octanol–water partition coefficient (Wildman–Crippen LogP) is 2.44. The molecule has 1 aliphatic rings. The van der Waals surface area contributed by atoms with Gasteiger partial charge in [0, 0.05) is 12.1 Å². The number of fused-ring (bicyclic) bond motifs is 1. The summed E-state index contributed by atoms with van der Waals surface area (Å²) in [5.41, 5.74) is 1.23. The lowest BCUT2D eigenvalue weighted by molar-refractivity contribution is 0.277. The van der Waals surface area contributed by atoms with E-state index in [4.69, 9.17) is 9.26 Å². The zero-order valence-corrected chi connectivity index (χ0v) is 13.6. The zero-order valence-electron chi connectivity index (χ0n) is 12.7. The first-order valence-electron chi connectivity index (χ1n) is 7.09. The molecule has 3 rings (SSSR count). The minimum atomic E-state index is -3.70. The van der Waals surface area contributed by atoms with Crippen LogP contribution in [0.5, 0.6) is 5.75 Å². The molecule has 1 aromatic heterocycles. The van der Waals surface area contributed by atoms with E-state index in [2.05, 4.69) is 5.16 Å². The third-order valence-corrected chi connectivity index (χ3v) is 6.12. The summed E-state index contributed by atoms with van der Waals surface area (Å²) in [4.78, 5) is 0.152. The van der Waals surface area contributed by atoms with E-state index in [9.17, 15) is 8.42 Å². The first-order chi connectivity index (χ1) is 10.4. The van der Waals surface area contributed by atoms with E-state index in [0.29, 0.717) is 18.1 Å². The molecule has 6 nitrogen and oxygen atoms in total. The van der Waals surface area contributed by atoms with Gasteiger partial charge in [-0.3, -0.25) is 0 Å². The molecule has 22 heavy (non-hydrogen) atoms. The average molecular weight is 322 g/mol. The number of aryl methyl sites for hydroxylation is 2. The number of sulfonamides is 1. The van der Waals surface area contributed by atoms with Gasteiger partial charge in [-0.2, -0.15) is 4.31 Å². The number of rotatable bonds is 2. The maximum Gasteiger partial charge on any atom is 0.249 e. The van der Waals surface area contributed by atoms with Crippen molar-refractivity contribution < 1.29 is 17.7 Å². The van der Waals surface area contributed by atoms with E-state index in [0.717, 1.165) is 11.3 Å². The van der Waals surface area contributed by atoms with Gasteiger partial charge in [0.05, 0.1) is 6.04 Å². The third kappa shape index (κ3) is 2.30. The minimum Gasteiger partial charge on any atom is -0.492 e. The summed E-state index contributed by atoms with van der Waals surface area (Å²) >= 11 is 0. The van der Waals surface area contributed by atoms with E-state index >= 15 is 0 Å². The van der Waals surface area contributed by atoms with Gasteiger partial charge in [0.1, 0.15) is 22.9 Å². The largest absolute Gasteiger partial charge is 0.492 e. The van der Waals surface area contributed by atoms with Crippen LogP contribution < -0.4 is 4.74 Å². The van der Waals surface area contributed by atoms with Crippen molar-refractivity contribution in [2.45, 2.75) is 31.7 Å². The van der Waals surface area contributed by atoms with E-state index in [1.54, 1.807) is 13.8 Å². The fourth-order valence-corrected chi connectivity index (χ4v) is 4.73. The average Bonchev–Trinajstić information content (AvgIpc) is 2.73. The van der Waals surface area contributed by atoms with Gasteiger partial charge in [0.15, 0.2) is 5.76 Å². The van der Waals surface area contributed by atoms with Crippen molar-refractivity contribution in [3.8, 4) is 5.75 Å². The second-order valence-corrected chi connectivity index (χ2v) is 7.16. The van der Waals surface area contributed by atoms with Gasteiger partial charge in [0.25, 0.3) is 0 Å². The quantitative estimate of drug-likeness (QED) is 0.849. The molecule has 1 aromatic carbocycles. The molecular weight excluding hydrogens is 304 g/mol. The molecule has 0 amide bonds. The maximum atomic E-state index is 13.0. The van der Waals surface area contributed by atoms with E-state index < -0.39 is 10.0 Å². The number of ether oxygens (including phenoxy) is 1. The highest BCUT2D eigenvalue weighted by molar-refractivity contribution is 7.89. The van der Waals surface area contributed by atoms with Crippen LogP contribution in [-0.2, 0) is 10.0 Å². The van der Waals surface area contributed by atoms with Crippen molar-refractivity contribution in [3.63, 3.8) is 0 Å². The van der Waals surface area contributed by atoms with Crippen molar-refractivity contribution in [2.24, 2.45) is 0 Å². The van der Waals surface area contributed by atoms with E-state index in [-0.39, 0.29) is 17.5 Å². The summed E-state index contributed by atoms with van der Waals surface area (Å²) in [7, 11) is -3.70. The second-order valence-electron chi connectivity index (χ2n) is 5.33. The Bertz CT molecular complexity index is 778. The Morgan fingerprint density at radius 3 is 2.68 bits per heavy atom. The summed E-state index contributed by atoms with van der Waals surface area (Å²) in [6.07, 6.45) is 0. The highest BCUT2D eigenvalue weighted by atomic mass is 32.2. The minimum absolute atomic E-state index is 0.152. The molecule has 0 radical (unpaired) electrons. The van der Waals surface area contributed by atoms with Gasteiger partial charge in [-0.25, -0.2) is 8.42 Å². The molecule has 0 bridgehead atoms. The number of benzene rings is 1. The first kappa shape index (κ1) is 15.1. The van der Waals surface area contributed by atoms with Gasteiger partial charge in [-0.05, 0) is 26.8 Å². The number of hydrogen-bond acceptors (Lipinski definition) is 5. The Morgan fingerprint density at radius 1 is 1.27 bits per heavy atom. The molecular formula is C15H18N2O4S. The maximum absolute atomic E-state index is 13.0. The molecule has 7 heteroatoms. The monoisotopic (exact) mass is 322 g/mol. The van der Waals surface area contributed by atoms with E-state index in [1.165, 1.54) is 4.31 Å². The molecule has 1 aliphatic heterocycles. The van der Waals surface area contributed by atoms with Gasteiger partial charge in [-0.15, -0.1) is 0 Å². The number of para-hydroxylation sites is 1. The van der Waals surface area contributed by atoms with Crippen molar-refractivity contribution >= 4 is 10.0 Å². The van der Waals surface area contributed by atoms with E-state index in [1.807, 2.05) is 31.2 Å². The summed E-state index contributed by atoms with van der Waals surface area (Å²) in [5, 5.41) is 3.76. The van der Waals surface area contributed by atoms with Crippen LogP contribution in [0, 0.1) is 13.8 Å². The fourth-order valence-electron chi connectivity index (χ4n) is 2.84. The van der Waals surface area contributed by atoms with Crippen LogP contribution in [-0.4, -0.2) is 31.0 Å². The van der Waals surface area contributed by atoms with Crippen LogP contribution in [0.2, 0.25) is 0 Å². The smallest absolute Gasteiger partial charge is 0.249 e. The molecule has 1 unspecified atom stereocenters. The summed E-state index contributed by atoms with van der Waals surface area (Å²) in [5.74, 6) is 1.04. The number of hydrogen-bond donors (Lipinski definition) is 0. The standard InChI is InChI=1S/C15H18N2O4S/c1-10-15(12(3)21-16-10)22(18,19)17-8-9-20-14-7-5-4-6-13(14)11(17)2/h4-7,11H,8-9H2,1-3H3. The Hall–Kier alpha value is -1.86. The predicted molar refractivity (Wildman–Crippen MR) is 80.2 cm³/mol. The molecule has 118 valence electrons. The van der Waals surface area contributed by atoms with Gasteiger partial charge in [0.2, 0.25) is 10.0 Å². The normalized spacial score (nSPS) is 19.3. The molecule has 2 heterocycles. The Kier molecular flexibility index (Phi) is 3.70. The molecule has 0 spiro atoms. The van der Waals surface area contributed by atoms with Crippen LogP contribution in [0.15, 0.2) is 33.7 Å². The highest BCUT2D eigenvalue weighted by Crippen LogP contribution is 2.36. The summed E-state index contributed by atoms with van der Waals surface area (Å²) < 4.78 is 38.2. The fraction of sp³-hybridized carbons (Fsp3) is 0.400. The molecule has 0 saturated carbocycles. The molecule has 0 fully saturated rings. The van der Waals surface area contributed by atoms with Crippen molar-refractivity contribution in [3.05, 3.63) is 41.3 Å². The zero-order chi connectivity index (χ0) is 15.9. The molecule has 1 atom stereocenters. The van der Waals surface area contributed by atoms with Crippen LogP contribution in [0.4, 0.5) is 0 Å². The Balaban J connectivity index is 2.08. The number of nitrogens with zero attached hydrogens (tertiary/aromatic N) is 2. The molecule has 2 aromatic rings. The summed E-state index contributed by atoms with van der Waals surface area (Å²) in [6.45, 7) is 5.70. The van der Waals surface area contributed by atoms with Gasteiger partial charge < -0.3 is 9.26 Å². The van der Waals surface area contributed by atoms with Crippen LogP contribution >= 0.6 is 0 Å². The van der Waals surface area contributed by atoms with Crippen molar-refractivity contribution in [2.75, 3.05) is 13.2 Å². The summed E-state index contributed by atoms with van der Waals surface area (Å²) in [6, 6.07) is 7.19. The topological polar surface area (TPSA) is 72.6 Å². The molecule has 0 aliphatic carbocycles. The van der Waals surface area contributed by atoms with Gasteiger partial charge >= 0.3 is 0 Å². The van der Waals surface area contributed by atoms with Crippen molar-refractivity contribution in [1.82, 2.24) is 9.46 Å². The van der Waals surface area contributed by atoms with Crippen LogP contribution in [0.1, 0.15) is 30.0 Å². The third-order valence-electron chi connectivity index (χ3n) is 3.90. The highest BCUT2D eigenvalue weighted by Gasteiger charge is 2.36.